The second-order valence-electron chi connectivity index (χ2n) is 5.62. The normalized spacial score (nSPS) is 12.3. The lowest BCUT2D eigenvalue weighted by Gasteiger charge is -2.28. The molecule has 0 spiro atoms. The second kappa shape index (κ2) is 5.20. The molecule has 0 radical (unpaired) electrons. The summed E-state index contributed by atoms with van der Waals surface area (Å²) in [5, 5.41) is 6.61. The van der Waals surface area contributed by atoms with Crippen LogP contribution in [-0.4, -0.2) is 42.1 Å². The van der Waals surface area contributed by atoms with Crippen LogP contribution in [0.1, 0.15) is 13.8 Å². The van der Waals surface area contributed by atoms with Crippen molar-refractivity contribution in [3.63, 3.8) is 0 Å². The quantitative estimate of drug-likeness (QED) is 0.901. The summed E-state index contributed by atoms with van der Waals surface area (Å²) in [6.45, 7) is 6.45. The third-order valence-electron chi connectivity index (χ3n) is 2.74. The fourth-order valence-corrected chi connectivity index (χ4v) is 2.90. The zero-order chi connectivity index (χ0) is 13.2. The van der Waals surface area contributed by atoms with Crippen LogP contribution in [0.5, 0.6) is 0 Å². The van der Waals surface area contributed by atoms with Gasteiger partial charge in [-0.25, -0.2) is 9.97 Å². The van der Waals surface area contributed by atoms with E-state index < -0.39 is 0 Å². The molecule has 4 nitrogen and oxygen atoms in total. The van der Waals surface area contributed by atoms with E-state index in [-0.39, 0.29) is 5.41 Å². The minimum atomic E-state index is 0.205. The maximum atomic E-state index is 4.33. The highest BCUT2D eigenvalue weighted by Gasteiger charge is 2.19. The van der Waals surface area contributed by atoms with Gasteiger partial charge in [0.1, 0.15) is 17.0 Å². The fourth-order valence-electron chi connectivity index (χ4n) is 2.17. The lowest BCUT2D eigenvalue weighted by molar-refractivity contribution is 0.254. The predicted octanol–water partition coefficient (Wildman–Crippen LogP) is 2.69. The Morgan fingerprint density at radius 2 is 2.11 bits per heavy atom. The molecule has 0 amide bonds. The molecule has 2 heterocycles. The van der Waals surface area contributed by atoms with Crippen LogP contribution in [0.15, 0.2) is 17.8 Å². The maximum absolute atomic E-state index is 4.33. The van der Waals surface area contributed by atoms with Crippen molar-refractivity contribution in [1.82, 2.24) is 14.9 Å². The van der Waals surface area contributed by atoms with Gasteiger partial charge in [-0.05, 0) is 31.0 Å². The van der Waals surface area contributed by atoms with Gasteiger partial charge in [-0.3, -0.25) is 0 Å². The van der Waals surface area contributed by atoms with Gasteiger partial charge >= 0.3 is 0 Å². The second-order valence-corrected chi connectivity index (χ2v) is 6.51. The Labute approximate surface area is 112 Å². The molecule has 2 aromatic rings. The van der Waals surface area contributed by atoms with Gasteiger partial charge in [0.2, 0.25) is 0 Å². The van der Waals surface area contributed by atoms with Crippen LogP contribution in [0.25, 0.3) is 10.2 Å². The first-order valence-corrected chi connectivity index (χ1v) is 6.93. The van der Waals surface area contributed by atoms with Gasteiger partial charge in [-0.1, -0.05) is 13.8 Å². The van der Waals surface area contributed by atoms with Gasteiger partial charge in [0, 0.05) is 13.1 Å². The number of nitrogens with zero attached hydrogens (tertiary/aromatic N) is 3. The number of hydrogen-bond acceptors (Lipinski definition) is 5. The van der Waals surface area contributed by atoms with Crippen molar-refractivity contribution in [3.05, 3.63) is 17.8 Å². The number of thiophene rings is 1. The molecule has 0 bridgehead atoms. The Bertz CT molecular complexity index is 518. The molecule has 0 fully saturated rings. The SMILES string of the molecule is CN(C)CC(C)(C)CNc1ncnc2sccc12. The number of nitrogens with one attached hydrogen (secondary N) is 1. The lowest BCUT2D eigenvalue weighted by atomic mass is 9.93. The molecule has 2 rings (SSSR count). The lowest BCUT2D eigenvalue weighted by Crippen LogP contribution is -2.34. The first-order valence-electron chi connectivity index (χ1n) is 6.05. The van der Waals surface area contributed by atoms with Crippen molar-refractivity contribution in [2.45, 2.75) is 13.8 Å². The molecule has 1 N–H and O–H groups in total. The van der Waals surface area contributed by atoms with E-state index in [1.54, 1.807) is 17.7 Å². The Balaban J connectivity index is 2.08. The first kappa shape index (κ1) is 13.2. The summed E-state index contributed by atoms with van der Waals surface area (Å²) in [6.07, 6.45) is 1.63. The molecule has 0 aliphatic heterocycles. The summed E-state index contributed by atoms with van der Waals surface area (Å²) < 4.78 is 0. The van der Waals surface area contributed by atoms with Crippen molar-refractivity contribution < 1.29 is 0 Å². The largest absolute Gasteiger partial charge is 0.369 e. The molecular weight excluding hydrogens is 244 g/mol. The van der Waals surface area contributed by atoms with Gasteiger partial charge in [0.05, 0.1) is 5.39 Å². The van der Waals surface area contributed by atoms with Crippen molar-refractivity contribution in [1.29, 1.82) is 0 Å². The Morgan fingerprint density at radius 3 is 2.83 bits per heavy atom. The van der Waals surface area contributed by atoms with Crippen LogP contribution in [0.4, 0.5) is 5.82 Å². The number of rotatable bonds is 5. The fraction of sp³-hybridized carbons (Fsp3) is 0.538. The number of anilines is 1. The van der Waals surface area contributed by atoms with Crippen LogP contribution >= 0.6 is 11.3 Å². The Kier molecular flexibility index (Phi) is 3.82. The van der Waals surface area contributed by atoms with Gasteiger partial charge < -0.3 is 10.2 Å². The first-order chi connectivity index (χ1) is 8.48. The average Bonchev–Trinajstić information content (AvgIpc) is 2.72. The van der Waals surface area contributed by atoms with Crippen LogP contribution in [0, 0.1) is 5.41 Å². The highest BCUT2D eigenvalue weighted by molar-refractivity contribution is 7.16. The van der Waals surface area contributed by atoms with E-state index in [1.807, 2.05) is 0 Å². The Hall–Kier alpha value is -1.20. The van der Waals surface area contributed by atoms with Crippen LogP contribution < -0.4 is 5.32 Å². The summed E-state index contributed by atoms with van der Waals surface area (Å²) in [7, 11) is 4.20. The van der Waals surface area contributed by atoms with Crippen molar-refractivity contribution in [2.75, 3.05) is 32.5 Å². The minimum Gasteiger partial charge on any atom is -0.369 e. The van der Waals surface area contributed by atoms with E-state index >= 15 is 0 Å². The molecule has 0 saturated carbocycles. The maximum Gasteiger partial charge on any atom is 0.138 e. The molecule has 2 aromatic heterocycles. The van der Waals surface area contributed by atoms with Crippen LogP contribution in [0.2, 0.25) is 0 Å². The Morgan fingerprint density at radius 1 is 1.33 bits per heavy atom. The highest BCUT2D eigenvalue weighted by Crippen LogP contribution is 2.25. The topological polar surface area (TPSA) is 41.0 Å². The summed E-state index contributed by atoms with van der Waals surface area (Å²) >= 11 is 1.65. The number of hydrogen-bond donors (Lipinski definition) is 1. The third kappa shape index (κ3) is 3.17. The minimum absolute atomic E-state index is 0.205. The summed E-state index contributed by atoms with van der Waals surface area (Å²) in [6, 6.07) is 2.07. The van der Waals surface area contributed by atoms with Gasteiger partial charge in [0.25, 0.3) is 0 Å². The average molecular weight is 264 g/mol. The molecule has 0 unspecified atom stereocenters. The highest BCUT2D eigenvalue weighted by atomic mass is 32.1. The zero-order valence-electron chi connectivity index (χ0n) is 11.4. The molecule has 98 valence electrons. The van der Waals surface area contributed by atoms with Gasteiger partial charge in [-0.2, -0.15) is 0 Å². The van der Waals surface area contributed by atoms with Crippen LogP contribution in [0.3, 0.4) is 0 Å². The van der Waals surface area contributed by atoms with E-state index in [2.05, 4.69) is 59.6 Å². The monoisotopic (exact) mass is 264 g/mol. The standard InChI is InChI=1S/C13H20N4S/c1-13(2,8-17(3)4)7-14-11-10-5-6-18-12(10)16-9-15-11/h5-6,9H,7-8H2,1-4H3,(H,14,15,16). The van der Waals surface area contributed by atoms with Crippen molar-refractivity contribution in [3.8, 4) is 0 Å². The molecule has 0 aromatic carbocycles. The molecule has 0 saturated heterocycles. The van der Waals surface area contributed by atoms with Gasteiger partial charge in [0.15, 0.2) is 0 Å². The molecule has 0 aliphatic rings. The molecule has 0 aliphatic carbocycles. The van der Waals surface area contributed by atoms with E-state index in [0.717, 1.165) is 29.1 Å². The summed E-state index contributed by atoms with van der Waals surface area (Å²) in [5.41, 5.74) is 0.205. The summed E-state index contributed by atoms with van der Waals surface area (Å²) in [5.74, 6) is 0.938. The number of aromatic nitrogens is 2. The van der Waals surface area contributed by atoms with E-state index in [4.69, 9.17) is 0 Å². The van der Waals surface area contributed by atoms with Crippen molar-refractivity contribution >= 4 is 27.4 Å². The molecule has 18 heavy (non-hydrogen) atoms. The third-order valence-corrected chi connectivity index (χ3v) is 3.56. The van der Waals surface area contributed by atoms with E-state index in [9.17, 15) is 0 Å². The predicted molar refractivity (Wildman–Crippen MR) is 78.2 cm³/mol. The van der Waals surface area contributed by atoms with Gasteiger partial charge in [-0.15, -0.1) is 11.3 Å². The zero-order valence-corrected chi connectivity index (χ0v) is 12.2. The number of fused-ring (bicyclic) bond motifs is 1. The van der Waals surface area contributed by atoms with Crippen molar-refractivity contribution in [2.24, 2.45) is 5.41 Å². The smallest absolute Gasteiger partial charge is 0.138 e. The van der Waals surface area contributed by atoms with Crippen LogP contribution in [-0.2, 0) is 0 Å². The molecule has 0 atom stereocenters. The summed E-state index contributed by atoms with van der Waals surface area (Å²) in [4.78, 5) is 11.8. The molecular formula is C13H20N4S. The van der Waals surface area contributed by atoms with E-state index in [1.165, 1.54) is 0 Å². The molecule has 5 heteroatoms. The van der Waals surface area contributed by atoms with E-state index in [0.29, 0.717) is 0 Å².